The van der Waals surface area contributed by atoms with Crippen LogP contribution in [0.3, 0.4) is 0 Å². The molecule has 1 aromatic carbocycles. The molecular weight excluding hydrogens is 254 g/mol. The van der Waals surface area contributed by atoms with Gasteiger partial charge in [0.05, 0.1) is 12.2 Å². The van der Waals surface area contributed by atoms with Gasteiger partial charge in [-0.15, -0.1) is 6.42 Å². The molecule has 0 aliphatic carbocycles. The molecule has 0 aliphatic heterocycles. The fraction of sp³-hybridized carbons (Fsp3) is 0.312. The third kappa shape index (κ3) is 2.35. The third-order valence-electron chi connectivity index (χ3n) is 3.27. The van der Waals surface area contributed by atoms with E-state index < -0.39 is 0 Å². The van der Waals surface area contributed by atoms with Gasteiger partial charge >= 0.3 is 5.97 Å². The van der Waals surface area contributed by atoms with E-state index in [-0.39, 0.29) is 12.6 Å². The van der Waals surface area contributed by atoms with Crippen molar-refractivity contribution in [3.05, 3.63) is 29.5 Å². The number of carbonyl (C=O) groups excluding carboxylic acids is 1. The number of aryl methyl sites for hydroxylation is 1. The Kier molecular flexibility index (Phi) is 3.99. The molecule has 0 amide bonds. The van der Waals surface area contributed by atoms with Gasteiger partial charge in [0.25, 0.3) is 0 Å². The van der Waals surface area contributed by atoms with Gasteiger partial charge in [0.15, 0.2) is 0 Å². The monoisotopic (exact) mass is 271 g/mol. The molecule has 4 heteroatoms. The fourth-order valence-electron chi connectivity index (χ4n) is 2.23. The van der Waals surface area contributed by atoms with Crippen molar-refractivity contribution in [1.82, 2.24) is 4.57 Å². The van der Waals surface area contributed by atoms with Gasteiger partial charge in [0.1, 0.15) is 12.4 Å². The number of hydrogen-bond acceptors (Lipinski definition) is 3. The first-order valence-electron chi connectivity index (χ1n) is 6.42. The van der Waals surface area contributed by atoms with E-state index in [0.29, 0.717) is 17.9 Å². The van der Waals surface area contributed by atoms with Gasteiger partial charge in [-0.2, -0.15) is 0 Å². The molecule has 0 fully saturated rings. The van der Waals surface area contributed by atoms with Crippen molar-refractivity contribution in [2.24, 2.45) is 7.05 Å². The Morgan fingerprint density at radius 2 is 2.20 bits per heavy atom. The number of rotatable bonds is 4. The number of hydrogen-bond donors (Lipinski definition) is 0. The van der Waals surface area contributed by atoms with Crippen molar-refractivity contribution in [1.29, 1.82) is 0 Å². The van der Waals surface area contributed by atoms with Crippen molar-refractivity contribution in [2.45, 2.75) is 13.8 Å². The first kappa shape index (κ1) is 14.0. The number of carbonyl (C=O) groups is 1. The van der Waals surface area contributed by atoms with E-state index in [1.54, 1.807) is 6.92 Å². The van der Waals surface area contributed by atoms with E-state index >= 15 is 0 Å². The Hall–Kier alpha value is -2.41. The minimum absolute atomic E-state index is 0.200. The van der Waals surface area contributed by atoms with Crippen molar-refractivity contribution >= 4 is 16.9 Å². The SMILES string of the molecule is C#CCOc1ccc2c(c1)c(C(=O)OCC)c(C)n2C. The van der Waals surface area contributed by atoms with Gasteiger partial charge in [-0.25, -0.2) is 4.79 Å². The van der Waals surface area contributed by atoms with Gasteiger partial charge in [-0.3, -0.25) is 0 Å². The Labute approximate surface area is 118 Å². The molecule has 0 radical (unpaired) electrons. The maximum absolute atomic E-state index is 12.1. The Balaban J connectivity index is 2.57. The number of terminal acetylenes is 1. The molecule has 2 aromatic rings. The van der Waals surface area contributed by atoms with Crippen LogP contribution in [0.5, 0.6) is 5.75 Å². The van der Waals surface area contributed by atoms with E-state index in [9.17, 15) is 4.79 Å². The Morgan fingerprint density at radius 3 is 2.85 bits per heavy atom. The quantitative estimate of drug-likeness (QED) is 0.634. The number of fused-ring (bicyclic) bond motifs is 1. The van der Waals surface area contributed by atoms with Crippen molar-refractivity contribution < 1.29 is 14.3 Å². The maximum atomic E-state index is 12.1. The van der Waals surface area contributed by atoms with Crippen molar-refractivity contribution in [3.8, 4) is 18.1 Å². The van der Waals surface area contributed by atoms with Crippen LogP contribution in [0.2, 0.25) is 0 Å². The average Bonchev–Trinajstić information content (AvgIpc) is 2.68. The lowest BCUT2D eigenvalue weighted by atomic mass is 10.1. The summed E-state index contributed by atoms with van der Waals surface area (Å²) in [4.78, 5) is 12.1. The molecule has 0 saturated heterocycles. The largest absolute Gasteiger partial charge is 0.481 e. The normalized spacial score (nSPS) is 10.3. The predicted molar refractivity (Wildman–Crippen MR) is 77.9 cm³/mol. The van der Waals surface area contributed by atoms with Gasteiger partial charge in [-0.1, -0.05) is 5.92 Å². The smallest absolute Gasteiger partial charge is 0.340 e. The number of aromatic nitrogens is 1. The fourth-order valence-corrected chi connectivity index (χ4v) is 2.23. The molecule has 0 N–H and O–H groups in total. The van der Waals surface area contributed by atoms with Crippen LogP contribution < -0.4 is 4.74 Å². The zero-order chi connectivity index (χ0) is 14.7. The number of ether oxygens (including phenoxy) is 2. The van der Waals surface area contributed by atoms with Gasteiger partial charge < -0.3 is 14.0 Å². The highest BCUT2D eigenvalue weighted by molar-refractivity contribution is 6.06. The summed E-state index contributed by atoms with van der Waals surface area (Å²) in [6.07, 6.45) is 5.18. The first-order valence-corrected chi connectivity index (χ1v) is 6.42. The standard InChI is InChI=1S/C16H17NO3/c1-5-9-20-12-7-8-14-13(10-12)15(11(3)17(14)4)16(18)19-6-2/h1,7-8,10H,6,9H2,2-4H3. The lowest BCUT2D eigenvalue weighted by molar-refractivity contribution is 0.0527. The van der Waals surface area contributed by atoms with Gasteiger partial charge in [0.2, 0.25) is 0 Å². The van der Waals surface area contributed by atoms with E-state index in [1.165, 1.54) is 0 Å². The summed E-state index contributed by atoms with van der Waals surface area (Å²) in [6.45, 7) is 4.24. The molecule has 104 valence electrons. The second-order valence-corrected chi connectivity index (χ2v) is 4.41. The predicted octanol–water partition coefficient (Wildman–Crippen LogP) is 2.68. The number of benzene rings is 1. The maximum Gasteiger partial charge on any atom is 0.340 e. The Morgan fingerprint density at radius 1 is 1.45 bits per heavy atom. The van der Waals surface area contributed by atoms with Gasteiger partial charge in [-0.05, 0) is 32.0 Å². The van der Waals surface area contributed by atoms with Crippen LogP contribution in [0.4, 0.5) is 0 Å². The summed E-state index contributed by atoms with van der Waals surface area (Å²) < 4.78 is 12.5. The highest BCUT2D eigenvalue weighted by Gasteiger charge is 2.19. The molecule has 20 heavy (non-hydrogen) atoms. The van der Waals surface area contributed by atoms with E-state index in [0.717, 1.165) is 16.6 Å². The van der Waals surface area contributed by atoms with E-state index in [1.807, 2.05) is 36.7 Å². The van der Waals surface area contributed by atoms with Crippen LogP contribution in [0.15, 0.2) is 18.2 Å². The molecule has 0 atom stereocenters. The lowest BCUT2D eigenvalue weighted by Crippen LogP contribution is -2.06. The molecular formula is C16H17NO3. The van der Waals surface area contributed by atoms with Crippen LogP contribution in [-0.2, 0) is 11.8 Å². The Bertz CT molecular complexity index is 692. The summed E-state index contributed by atoms with van der Waals surface area (Å²) >= 11 is 0. The zero-order valence-corrected chi connectivity index (χ0v) is 11.9. The summed E-state index contributed by atoms with van der Waals surface area (Å²) in [5.41, 5.74) is 2.40. The molecule has 4 nitrogen and oxygen atoms in total. The summed E-state index contributed by atoms with van der Waals surface area (Å²) in [5.74, 6) is 2.75. The molecule has 1 aromatic heterocycles. The van der Waals surface area contributed by atoms with E-state index in [4.69, 9.17) is 15.9 Å². The highest BCUT2D eigenvalue weighted by Crippen LogP contribution is 2.29. The van der Waals surface area contributed by atoms with Crippen LogP contribution in [-0.4, -0.2) is 23.8 Å². The number of esters is 1. The second kappa shape index (κ2) is 5.70. The second-order valence-electron chi connectivity index (χ2n) is 4.41. The molecule has 0 unspecified atom stereocenters. The summed E-state index contributed by atoms with van der Waals surface area (Å²) in [6, 6.07) is 5.58. The minimum atomic E-state index is -0.315. The molecule has 1 heterocycles. The first-order chi connectivity index (χ1) is 9.60. The molecule has 0 bridgehead atoms. The topological polar surface area (TPSA) is 40.5 Å². The summed E-state index contributed by atoms with van der Waals surface area (Å²) in [5, 5.41) is 0.818. The molecule has 2 rings (SSSR count). The average molecular weight is 271 g/mol. The molecule has 0 spiro atoms. The number of nitrogens with zero attached hydrogens (tertiary/aromatic N) is 1. The minimum Gasteiger partial charge on any atom is -0.481 e. The summed E-state index contributed by atoms with van der Waals surface area (Å²) in [7, 11) is 1.92. The van der Waals surface area contributed by atoms with Crippen molar-refractivity contribution in [2.75, 3.05) is 13.2 Å². The third-order valence-corrected chi connectivity index (χ3v) is 3.27. The van der Waals surface area contributed by atoms with Crippen LogP contribution in [0.25, 0.3) is 10.9 Å². The molecule has 0 saturated carbocycles. The van der Waals surface area contributed by atoms with Crippen molar-refractivity contribution in [3.63, 3.8) is 0 Å². The van der Waals surface area contributed by atoms with Crippen LogP contribution >= 0.6 is 0 Å². The van der Waals surface area contributed by atoms with Gasteiger partial charge in [0, 0.05) is 23.6 Å². The van der Waals surface area contributed by atoms with Crippen LogP contribution in [0, 0.1) is 19.3 Å². The van der Waals surface area contributed by atoms with Crippen LogP contribution in [0.1, 0.15) is 23.0 Å². The highest BCUT2D eigenvalue weighted by atomic mass is 16.5. The lowest BCUT2D eigenvalue weighted by Gasteiger charge is -2.04. The molecule has 0 aliphatic rings. The zero-order valence-electron chi connectivity index (χ0n) is 11.9. The van der Waals surface area contributed by atoms with E-state index in [2.05, 4.69) is 5.92 Å².